The number of pyridine rings is 1. The van der Waals surface area contributed by atoms with Crippen LogP contribution in [0.15, 0.2) is 36.5 Å². The summed E-state index contributed by atoms with van der Waals surface area (Å²) in [5.41, 5.74) is 1.97. The highest BCUT2D eigenvalue weighted by Gasteiger charge is 2.17. The van der Waals surface area contributed by atoms with Gasteiger partial charge in [-0.15, -0.1) is 0 Å². The second-order valence-corrected chi connectivity index (χ2v) is 7.79. The lowest BCUT2D eigenvalue weighted by Crippen LogP contribution is -2.34. The highest BCUT2D eigenvalue weighted by Crippen LogP contribution is 2.30. The van der Waals surface area contributed by atoms with Crippen molar-refractivity contribution in [1.82, 2.24) is 10.3 Å². The molecule has 0 radical (unpaired) electrons. The maximum absolute atomic E-state index is 5.62. The van der Waals surface area contributed by atoms with Crippen LogP contribution in [-0.4, -0.2) is 36.4 Å². The number of aromatic nitrogens is 1. The molecule has 28 heavy (non-hydrogen) atoms. The molecular formula is C21H26N4O2S. The van der Waals surface area contributed by atoms with Gasteiger partial charge in [0.1, 0.15) is 19.0 Å². The van der Waals surface area contributed by atoms with Crippen LogP contribution in [0.5, 0.6) is 11.5 Å². The SMILES string of the molecule is C[C@H]1CCCN(c2ccc(NC(=S)NCc3ccc4c(c3)OCCO4)cn2)C1. The summed E-state index contributed by atoms with van der Waals surface area (Å²) in [6.45, 7) is 6.26. The lowest BCUT2D eigenvalue weighted by molar-refractivity contribution is 0.171. The summed E-state index contributed by atoms with van der Waals surface area (Å²) in [5.74, 6) is 3.35. The largest absolute Gasteiger partial charge is 0.486 e. The molecule has 7 heteroatoms. The second kappa shape index (κ2) is 8.65. The molecule has 2 aliphatic rings. The van der Waals surface area contributed by atoms with Crippen LogP contribution in [0.3, 0.4) is 0 Å². The van der Waals surface area contributed by atoms with Crippen LogP contribution in [-0.2, 0) is 6.54 Å². The van der Waals surface area contributed by atoms with Crippen LogP contribution in [0.1, 0.15) is 25.3 Å². The molecule has 4 rings (SSSR count). The zero-order chi connectivity index (χ0) is 19.3. The molecule has 0 amide bonds. The van der Waals surface area contributed by atoms with Gasteiger partial charge in [-0.05, 0) is 60.8 Å². The predicted octanol–water partition coefficient (Wildman–Crippen LogP) is 3.58. The topological polar surface area (TPSA) is 58.7 Å². The molecule has 1 saturated heterocycles. The molecule has 2 N–H and O–H groups in total. The summed E-state index contributed by atoms with van der Waals surface area (Å²) in [5, 5.41) is 6.99. The van der Waals surface area contributed by atoms with Crippen molar-refractivity contribution in [2.75, 3.05) is 36.5 Å². The van der Waals surface area contributed by atoms with Crippen LogP contribution < -0.4 is 25.0 Å². The summed E-state index contributed by atoms with van der Waals surface area (Å²) in [4.78, 5) is 6.96. The van der Waals surface area contributed by atoms with E-state index in [2.05, 4.69) is 33.5 Å². The average Bonchev–Trinajstić information content (AvgIpc) is 2.73. The van der Waals surface area contributed by atoms with E-state index in [9.17, 15) is 0 Å². The Balaban J connectivity index is 1.29. The molecule has 6 nitrogen and oxygen atoms in total. The molecule has 0 unspecified atom stereocenters. The number of hydrogen-bond acceptors (Lipinski definition) is 5. The van der Waals surface area contributed by atoms with Crippen molar-refractivity contribution < 1.29 is 9.47 Å². The van der Waals surface area contributed by atoms with Crippen molar-refractivity contribution in [2.24, 2.45) is 5.92 Å². The normalized spacial score (nSPS) is 18.5. The molecule has 1 aromatic carbocycles. The molecule has 0 bridgehead atoms. The molecule has 0 aliphatic carbocycles. The van der Waals surface area contributed by atoms with E-state index in [1.54, 1.807) is 0 Å². The van der Waals surface area contributed by atoms with E-state index >= 15 is 0 Å². The van der Waals surface area contributed by atoms with Crippen LogP contribution >= 0.6 is 12.2 Å². The van der Waals surface area contributed by atoms with Gasteiger partial charge in [0.15, 0.2) is 16.6 Å². The number of nitrogens with zero attached hydrogens (tertiary/aromatic N) is 2. The van der Waals surface area contributed by atoms with Gasteiger partial charge in [-0.3, -0.25) is 0 Å². The standard InChI is InChI=1S/C21H26N4O2S/c1-15-3-2-8-25(14-15)20-7-5-17(13-22-20)24-21(28)23-12-16-4-6-18-19(11-16)27-10-9-26-18/h4-7,11,13,15H,2-3,8-10,12,14H2,1H3,(H2,23,24,28)/t15-/m0/s1. The van der Waals surface area contributed by atoms with Gasteiger partial charge >= 0.3 is 0 Å². The fourth-order valence-electron chi connectivity index (χ4n) is 3.60. The smallest absolute Gasteiger partial charge is 0.171 e. The van der Waals surface area contributed by atoms with Crippen LogP contribution in [0.4, 0.5) is 11.5 Å². The third-order valence-corrected chi connectivity index (χ3v) is 5.29. The number of nitrogens with one attached hydrogen (secondary N) is 2. The van der Waals surface area contributed by atoms with Gasteiger partial charge < -0.3 is 25.0 Å². The molecular weight excluding hydrogens is 372 g/mol. The number of hydrogen-bond donors (Lipinski definition) is 2. The van der Waals surface area contributed by atoms with Crippen molar-refractivity contribution in [3.8, 4) is 11.5 Å². The Labute approximate surface area is 171 Å². The number of fused-ring (bicyclic) bond motifs is 1. The molecule has 0 saturated carbocycles. The van der Waals surface area contributed by atoms with E-state index in [-0.39, 0.29) is 0 Å². The monoisotopic (exact) mass is 398 g/mol. The third-order valence-electron chi connectivity index (χ3n) is 5.05. The second-order valence-electron chi connectivity index (χ2n) is 7.38. The van der Waals surface area contributed by atoms with Gasteiger partial charge in [0, 0.05) is 19.6 Å². The Bertz CT molecular complexity index is 828. The van der Waals surface area contributed by atoms with Crippen molar-refractivity contribution in [1.29, 1.82) is 0 Å². The molecule has 148 valence electrons. The van der Waals surface area contributed by atoms with E-state index in [1.807, 2.05) is 30.5 Å². The number of ether oxygens (including phenoxy) is 2. The zero-order valence-electron chi connectivity index (χ0n) is 16.1. The van der Waals surface area contributed by atoms with Gasteiger partial charge in [-0.25, -0.2) is 4.98 Å². The molecule has 1 aromatic heterocycles. The molecule has 3 heterocycles. The Morgan fingerprint density at radius 2 is 2.07 bits per heavy atom. The minimum Gasteiger partial charge on any atom is -0.486 e. The minimum atomic E-state index is 0.566. The fraction of sp³-hybridized carbons (Fsp3) is 0.429. The van der Waals surface area contributed by atoms with Gasteiger partial charge in [0.05, 0.1) is 11.9 Å². The first-order chi connectivity index (χ1) is 13.7. The summed E-state index contributed by atoms with van der Waals surface area (Å²) in [6.07, 6.45) is 4.38. The summed E-state index contributed by atoms with van der Waals surface area (Å²) < 4.78 is 11.2. The number of piperidine rings is 1. The van der Waals surface area contributed by atoms with Gasteiger partial charge in [-0.1, -0.05) is 13.0 Å². The van der Waals surface area contributed by atoms with E-state index in [0.29, 0.717) is 24.9 Å². The Morgan fingerprint density at radius 3 is 2.86 bits per heavy atom. The molecule has 2 aromatic rings. The quantitative estimate of drug-likeness (QED) is 0.764. The average molecular weight is 399 g/mol. The van der Waals surface area contributed by atoms with Gasteiger partial charge in [-0.2, -0.15) is 0 Å². The van der Waals surface area contributed by atoms with Crippen molar-refractivity contribution in [2.45, 2.75) is 26.3 Å². The number of anilines is 2. The number of thiocarbonyl (C=S) groups is 1. The first kappa shape index (κ1) is 18.8. The first-order valence-electron chi connectivity index (χ1n) is 9.82. The maximum Gasteiger partial charge on any atom is 0.171 e. The highest BCUT2D eigenvalue weighted by molar-refractivity contribution is 7.80. The summed E-state index contributed by atoms with van der Waals surface area (Å²) in [7, 11) is 0. The van der Waals surface area contributed by atoms with E-state index in [0.717, 1.165) is 47.6 Å². The van der Waals surface area contributed by atoms with Crippen molar-refractivity contribution in [3.63, 3.8) is 0 Å². The molecule has 1 atom stereocenters. The van der Waals surface area contributed by atoms with Gasteiger partial charge in [0.2, 0.25) is 0 Å². The van der Waals surface area contributed by atoms with E-state index < -0.39 is 0 Å². The Hall–Kier alpha value is -2.54. The molecule has 1 fully saturated rings. The van der Waals surface area contributed by atoms with Crippen molar-refractivity contribution >= 4 is 28.8 Å². The highest BCUT2D eigenvalue weighted by atomic mass is 32.1. The maximum atomic E-state index is 5.62. The third kappa shape index (κ3) is 4.65. The number of benzene rings is 1. The molecule has 2 aliphatic heterocycles. The van der Waals surface area contributed by atoms with Crippen molar-refractivity contribution in [3.05, 3.63) is 42.1 Å². The summed E-state index contributed by atoms with van der Waals surface area (Å²) >= 11 is 5.41. The van der Waals surface area contributed by atoms with Crippen LogP contribution in [0.2, 0.25) is 0 Å². The lowest BCUT2D eigenvalue weighted by atomic mass is 10.0. The Morgan fingerprint density at radius 1 is 1.21 bits per heavy atom. The van der Waals surface area contributed by atoms with Crippen LogP contribution in [0, 0.1) is 5.92 Å². The number of rotatable bonds is 4. The summed E-state index contributed by atoms with van der Waals surface area (Å²) in [6, 6.07) is 10.0. The van der Waals surface area contributed by atoms with E-state index in [1.165, 1.54) is 12.8 Å². The fourth-order valence-corrected chi connectivity index (χ4v) is 3.79. The molecule has 0 spiro atoms. The van der Waals surface area contributed by atoms with Gasteiger partial charge in [0.25, 0.3) is 0 Å². The lowest BCUT2D eigenvalue weighted by Gasteiger charge is -2.31. The first-order valence-corrected chi connectivity index (χ1v) is 10.2. The zero-order valence-corrected chi connectivity index (χ0v) is 16.9. The minimum absolute atomic E-state index is 0.566. The Kier molecular flexibility index (Phi) is 5.81. The van der Waals surface area contributed by atoms with Crippen LogP contribution in [0.25, 0.3) is 0 Å². The van der Waals surface area contributed by atoms with E-state index in [4.69, 9.17) is 21.7 Å². The predicted molar refractivity (Wildman–Crippen MR) is 115 cm³/mol.